The number of ether oxygens (including phenoxy) is 2. The van der Waals surface area contributed by atoms with E-state index >= 15 is 0 Å². The van der Waals surface area contributed by atoms with E-state index in [4.69, 9.17) is 16.3 Å². The number of hydrogen-bond donors (Lipinski definition) is 1. The molecule has 1 saturated heterocycles. The molecule has 1 aliphatic rings. The molecule has 2 amide bonds. The van der Waals surface area contributed by atoms with Crippen molar-refractivity contribution in [2.24, 2.45) is 5.92 Å². The summed E-state index contributed by atoms with van der Waals surface area (Å²) in [5.74, 6) is -0.470. The number of rotatable bonds is 7. The van der Waals surface area contributed by atoms with Crippen LogP contribution >= 0.6 is 11.6 Å². The Kier molecular flexibility index (Phi) is 6.77. The van der Waals surface area contributed by atoms with Gasteiger partial charge in [-0.25, -0.2) is 0 Å². The highest BCUT2D eigenvalue weighted by atomic mass is 35.5. The zero-order valence-corrected chi connectivity index (χ0v) is 17.2. The minimum absolute atomic E-state index is 0.0415. The van der Waals surface area contributed by atoms with E-state index in [1.807, 2.05) is 0 Å². The summed E-state index contributed by atoms with van der Waals surface area (Å²) in [6.45, 7) is -0.918. The Morgan fingerprint density at radius 3 is 2.57 bits per heavy atom. The first-order valence-electron chi connectivity index (χ1n) is 9.27. The second-order valence-electron chi connectivity index (χ2n) is 6.90. The number of nitrogens with zero attached hydrogens (tertiary/aromatic N) is 1. The van der Waals surface area contributed by atoms with E-state index in [1.54, 1.807) is 37.3 Å². The molecule has 0 radical (unpaired) electrons. The summed E-state index contributed by atoms with van der Waals surface area (Å²) in [5, 5.41) is 3.32. The molecule has 2 aromatic carbocycles. The molecule has 30 heavy (non-hydrogen) atoms. The molecule has 0 aliphatic carbocycles. The van der Waals surface area contributed by atoms with E-state index in [2.05, 4.69) is 10.1 Å². The molecule has 1 fully saturated rings. The lowest BCUT2D eigenvalue weighted by molar-refractivity contribution is -0.126. The van der Waals surface area contributed by atoms with Crippen LogP contribution in [0.25, 0.3) is 0 Å². The SMILES string of the molecule is COc1ccc(Cl)cc1N1C[C@@H](C(=O)N[C@@H](C)c2ccc(OC(F)F)cc2)CC1=O. The smallest absolute Gasteiger partial charge is 0.387 e. The molecule has 0 unspecified atom stereocenters. The minimum atomic E-state index is -2.89. The highest BCUT2D eigenvalue weighted by molar-refractivity contribution is 6.31. The van der Waals surface area contributed by atoms with Gasteiger partial charge in [0.15, 0.2) is 0 Å². The summed E-state index contributed by atoms with van der Waals surface area (Å²) in [5.41, 5.74) is 1.25. The van der Waals surface area contributed by atoms with Crippen LogP contribution in [-0.2, 0) is 9.59 Å². The average molecular weight is 439 g/mol. The van der Waals surface area contributed by atoms with Gasteiger partial charge in [0.25, 0.3) is 0 Å². The molecule has 1 N–H and O–H groups in total. The lowest BCUT2D eigenvalue weighted by Gasteiger charge is -2.21. The predicted molar refractivity (Wildman–Crippen MR) is 108 cm³/mol. The highest BCUT2D eigenvalue weighted by Gasteiger charge is 2.36. The topological polar surface area (TPSA) is 67.9 Å². The zero-order chi connectivity index (χ0) is 21.8. The number of anilines is 1. The largest absolute Gasteiger partial charge is 0.495 e. The van der Waals surface area contributed by atoms with E-state index in [0.29, 0.717) is 16.5 Å². The van der Waals surface area contributed by atoms with Crippen LogP contribution in [0.2, 0.25) is 5.02 Å². The zero-order valence-electron chi connectivity index (χ0n) is 16.4. The molecular formula is C21H21ClF2N2O4. The fourth-order valence-corrected chi connectivity index (χ4v) is 3.51. The summed E-state index contributed by atoms with van der Waals surface area (Å²) in [7, 11) is 1.50. The lowest BCUT2D eigenvalue weighted by Crippen LogP contribution is -2.34. The highest BCUT2D eigenvalue weighted by Crippen LogP contribution is 2.35. The molecule has 2 aromatic rings. The van der Waals surface area contributed by atoms with Crippen LogP contribution in [0.4, 0.5) is 14.5 Å². The van der Waals surface area contributed by atoms with Crippen molar-refractivity contribution in [3.8, 4) is 11.5 Å². The van der Waals surface area contributed by atoms with Crippen molar-refractivity contribution in [3.05, 3.63) is 53.1 Å². The number of halogens is 3. The van der Waals surface area contributed by atoms with Gasteiger partial charge < -0.3 is 19.7 Å². The molecule has 2 atom stereocenters. The van der Waals surface area contributed by atoms with Crippen LogP contribution < -0.4 is 19.7 Å². The third kappa shape index (κ3) is 4.99. The fraction of sp³-hybridized carbons (Fsp3) is 0.333. The maximum absolute atomic E-state index is 12.7. The monoisotopic (exact) mass is 438 g/mol. The second-order valence-corrected chi connectivity index (χ2v) is 7.34. The van der Waals surface area contributed by atoms with Gasteiger partial charge in [0.2, 0.25) is 11.8 Å². The molecule has 1 aliphatic heterocycles. The van der Waals surface area contributed by atoms with Gasteiger partial charge in [0, 0.05) is 18.0 Å². The van der Waals surface area contributed by atoms with Crippen molar-refractivity contribution in [2.75, 3.05) is 18.6 Å². The quantitative estimate of drug-likeness (QED) is 0.704. The summed E-state index contributed by atoms with van der Waals surface area (Å²) >= 11 is 6.05. The number of nitrogens with one attached hydrogen (secondary N) is 1. The van der Waals surface area contributed by atoms with E-state index in [-0.39, 0.29) is 36.6 Å². The van der Waals surface area contributed by atoms with Gasteiger partial charge in [-0.2, -0.15) is 8.78 Å². The molecule has 0 bridgehead atoms. The molecule has 9 heteroatoms. The molecule has 0 aromatic heterocycles. The summed E-state index contributed by atoms with van der Waals surface area (Å²) in [4.78, 5) is 26.7. The Morgan fingerprint density at radius 1 is 1.23 bits per heavy atom. The standard InChI is InChI=1S/C21H21ClF2N2O4/c1-12(13-3-6-16(7-4-13)30-21(23)24)25-20(28)14-9-19(27)26(11-14)17-10-15(22)5-8-18(17)29-2/h3-8,10,12,14,21H,9,11H2,1-2H3,(H,25,28)/t12-,14-/m0/s1. The molecule has 1 heterocycles. The predicted octanol–water partition coefficient (Wildman–Crippen LogP) is 4.18. The van der Waals surface area contributed by atoms with Crippen molar-refractivity contribution < 1.29 is 27.8 Å². The van der Waals surface area contributed by atoms with Gasteiger partial charge in [-0.05, 0) is 42.8 Å². The fourth-order valence-electron chi connectivity index (χ4n) is 3.34. The van der Waals surface area contributed by atoms with Crippen LogP contribution in [0.3, 0.4) is 0 Å². The number of methoxy groups -OCH3 is 1. The van der Waals surface area contributed by atoms with Crippen molar-refractivity contribution >= 4 is 29.1 Å². The minimum Gasteiger partial charge on any atom is -0.495 e. The third-order valence-electron chi connectivity index (χ3n) is 4.89. The Morgan fingerprint density at radius 2 is 1.93 bits per heavy atom. The average Bonchev–Trinajstić information content (AvgIpc) is 3.09. The Labute approximate surface area is 177 Å². The van der Waals surface area contributed by atoms with Gasteiger partial charge in [0.1, 0.15) is 11.5 Å². The van der Waals surface area contributed by atoms with Gasteiger partial charge in [-0.1, -0.05) is 23.7 Å². The number of carbonyl (C=O) groups is 2. The van der Waals surface area contributed by atoms with Crippen LogP contribution in [-0.4, -0.2) is 32.1 Å². The Balaban J connectivity index is 1.65. The first kappa shape index (κ1) is 21.8. The van der Waals surface area contributed by atoms with Crippen LogP contribution in [0, 0.1) is 5.92 Å². The summed E-state index contributed by atoms with van der Waals surface area (Å²) < 4.78 is 34.1. The second kappa shape index (κ2) is 9.30. The Bertz CT molecular complexity index is 924. The molecule has 0 saturated carbocycles. The van der Waals surface area contributed by atoms with Crippen LogP contribution in [0.15, 0.2) is 42.5 Å². The van der Waals surface area contributed by atoms with Crippen LogP contribution in [0.1, 0.15) is 24.9 Å². The molecule has 6 nitrogen and oxygen atoms in total. The first-order valence-corrected chi connectivity index (χ1v) is 9.65. The molecular weight excluding hydrogens is 418 g/mol. The van der Waals surface area contributed by atoms with Crippen molar-refractivity contribution in [1.82, 2.24) is 5.32 Å². The number of amides is 2. The van der Waals surface area contributed by atoms with E-state index in [0.717, 1.165) is 5.56 Å². The van der Waals surface area contributed by atoms with Crippen molar-refractivity contribution in [1.29, 1.82) is 0 Å². The van der Waals surface area contributed by atoms with E-state index in [1.165, 1.54) is 24.1 Å². The number of benzene rings is 2. The Hall–Kier alpha value is -2.87. The van der Waals surface area contributed by atoms with Gasteiger partial charge >= 0.3 is 6.61 Å². The first-order chi connectivity index (χ1) is 14.3. The molecule has 3 rings (SSSR count). The lowest BCUT2D eigenvalue weighted by atomic mass is 10.0. The molecule has 160 valence electrons. The van der Waals surface area contributed by atoms with E-state index < -0.39 is 12.5 Å². The number of alkyl halides is 2. The third-order valence-corrected chi connectivity index (χ3v) is 5.13. The number of hydrogen-bond acceptors (Lipinski definition) is 4. The van der Waals surface area contributed by atoms with E-state index in [9.17, 15) is 18.4 Å². The number of carbonyl (C=O) groups excluding carboxylic acids is 2. The van der Waals surface area contributed by atoms with Gasteiger partial charge in [-0.3, -0.25) is 9.59 Å². The maximum atomic E-state index is 12.7. The van der Waals surface area contributed by atoms with Crippen LogP contribution in [0.5, 0.6) is 11.5 Å². The van der Waals surface area contributed by atoms with Gasteiger partial charge in [0.05, 0.1) is 24.8 Å². The maximum Gasteiger partial charge on any atom is 0.387 e. The van der Waals surface area contributed by atoms with Crippen molar-refractivity contribution in [3.63, 3.8) is 0 Å². The van der Waals surface area contributed by atoms with Crippen molar-refractivity contribution in [2.45, 2.75) is 26.0 Å². The summed E-state index contributed by atoms with van der Waals surface area (Å²) in [6, 6.07) is 10.6. The van der Waals surface area contributed by atoms with Gasteiger partial charge in [-0.15, -0.1) is 0 Å². The molecule has 0 spiro atoms. The normalized spacial score (nSPS) is 17.2. The summed E-state index contributed by atoms with van der Waals surface area (Å²) in [6.07, 6.45) is 0.0649.